The number of hydrogen-bond donors (Lipinski definition) is 1. The fourth-order valence-electron chi connectivity index (χ4n) is 2.85. The molecule has 25 heavy (non-hydrogen) atoms. The maximum Gasteiger partial charge on any atom is 0.182 e. The Kier molecular flexibility index (Phi) is 4.23. The summed E-state index contributed by atoms with van der Waals surface area (Å²) in [4.78, 5) is 8.71. The molecule has 3 rings (SSSR count). The minimum atomic E-state index is -0.193. The topological polar surface area (TPSA) is 59.2 Å². The van der Waals surface area contributed by atoms with E-state index in [0.29, 0.717) is 11.5 Å². The molecule has 0 aliphatic heterocycles. The Hall–Kier alpha value is -2.14. The smallest absolute Gasteiger partial charge is 0.182 e. The van der Waals surface area contributed by atoms with Crippen molar-refractivity contribution in [2.75, 3.05) is 0 Å². The predicted octanol–water partition coefficient (Wildman–Crippen LogP) is 5.77. The van der Waals surface area contributed by atoms with Gasteiger partial charge in [0.25, 0.3) is 0 Å². The summed E-state index contributed by atoms with van der Waals surface area (Å²) in [6.07, 6.45) is 3.21. The summed E-state index contributed by atoms with van der Waals surface area (Å²) in [6.45, 7) is 12.6. The number of benzene rings is 1. The van der Waals surface area contributed by atoms with E-state index in [1.807, 2.05) is 17.5 Å². The SMILES string of the molecule is CC(C)(C)c1cc(-c2ocnc2-c2nccs2)cc(C(C)(C)C)c1O. The van der Waals surface area contributed by atoms with Crippen molar-refractivity contribution < 1.29 is 9.52 Å². The van der Waals surface area contributed by atoms with Crippen LogP contribution in [0.5, 0.6) is 5.75 Å². The Balaban J connectivity index is 2.27. The minimum absolute atomic E-state index is 0.193. The molecule has 1 aromatic carbocycles. The summed E-state index contributed by atoms with van der Waals surface area (Å²) in [7, 11) is 0. The fourth-order valence-corrected chi connectivity index (χ4v) is 3.48. The highest BCUT2D eigenvalue weighted by atomic mass is 32.1. The Bertz CT molecular complexity index is 846. The van der Waals surface area contributed by atoms with Gasteiger partial charge in [-0.1, -0.05) is 41.5 Å². The number of phenols is 1. The molecule has 0 atom stereocenters. The summed E-state index contributed by atoms with van der Waals surface area (Å²) < 4.78 is 5.72. The maximum atomic E-state index is 10.9. The van der Waals surface area contributed by atoms with Gasteiger partial charge in [-0.25, -0.2) is 9.97 Å². The predicted molar refractivity (Wildman–Crippen MR) is 102 cm³/mol. The van der Waals surface area contributed by atoms with Crippen LogP contribution in [-0.4, -0.2) is 15.1 Å². The zero-order chi connectivity index (χ0) is 18.4. The molecule has 0 bridgehead atoms. The highest BCUT2D eigenvalue weighted by molar-refractivity contribution is 7.13. The zero-order valence-corrected chi connectivity index (χ0v) is 16.4. The van der Waals surface area contributed by atoms with Gasteiger partial charge in [0, 0.05) is 28.3 Å². The molecule has 4 nitrogen and oxygen atoms in total. The van der Waals surface area contributed by atoms with Crippen LogP contribution in [-0.2, 0) is 10.8 Å². The lowest BCUT2D eigenvalue weighted by atomic mass is 9.78. The number of aromatic hydroxyl groups is 1. The third kappa shape index (κ3) is 3.33. The molecule has 0 spiro atoms. The second-order valence-corrected chi connectivity index (χ2v) is 9.18. The van der Waals surface area contributed by atoms with Crippen LogP contribution in [0.3, 0.4) is 0 Å². The second-order valence-electron chi connectivity index (χ2n) is 8.29. The lowest BCUT2D eigenvalue weighted by Gasteiger charge is -2.28. The van der Waals surface area contributed by atoms with Crippen LogP contribution in [0.25, 0.3) is 22.0 Å². The molecule has 0 amide bonds. The molecule has 0 saturated heterocycles. The van der Waals surface area contributed by atoms with Gasteiger partial charge in [0.15, 0.2) is 12.2 Å². The highest BCUT2D eigenvalue weighted by Gasteiger charge is 2.28. The van der Waals surface area contributed by atoms with E-state index in [0.717, 1.165) is 27.4 Å². The van der Waals surface area contributed by atoms with Gasteiger partial charge in [-0.15, -0.1) is 11.3 Å². The molecule has 0 aliphatic rings. The van der Waals surface area contributed by atoms with Crippen LogP contribution in [0, 0.1) is 0 Å². The number of rotatable bonds is 2. The summed E-state index contributed by atoms with van der Waals surface area (Å²) in [5, 5.41) is 13.6. The van der Waals surface area contributed by atoms with E-state index in [1.54, 1.807) is 6.20 Å². The molecular formula is C20H24N2O2S. The van der Waals surface area contributed by atoms with E-state index in [9.17, 15) is 5.11 Å². The molecule has 1 N–H and O–H groups in total. The molecule has 5 heteroatoms. The van der Waals surface area contributed by atoms with Crippen molar-refractivity contribution in [2.45, 2.75) is 52.4 Å². The summed E-state index contributed by atoms with van der Waals surface area (Å²) in [5.41, 5.74) is 3.06. The van der Waals surface area contributed by atoms with Crippen LogP contribution in [0.15, 0.2) is 34.5 Å². The average molecular weight is 356 g/mol. The van der Waals surface area contributed by atoms with Crippen molar-refractivity contribution in [2.24, 2.45) is 0 Å². The second kappa shape index (κ2) is 5.99. The Morgan fingerprint density at radius 1 is 0.960 bits per heavy atom. The van der Waals surface area contributed by atoms with Gasteiger partial charge >= 0.3 is 0 Å². The van der Waals surface area contributed by atoms with E-state index in [-0.39, 0.29) is 10.8 Å². The van der Waals surface area contributed by atoms with Crippen molar-refractivity contribution in [1.82, 2.24) is 9.97 Å². The third-order valence-corrected chi connectivity index (χ3v) is 4.97. The molecule has 0 unspecified atom stereocenters. The minimum Gasteiger partial charge on any atom is -0.507 e. The first kappa shape index (κ1) is 17.7. The normalized spacial score (nSPS) is 12.6. The van der Waals surface area contributed by atoms with Crippen LogP contribution >= 0.6 is 11.3 Å². The van der Waals surface area contributed by atoms with Crippen LogP contribution in [0.1, 0.15) is 52.7 Å². The monoisotopic (exact) mass is 356 g/mol. The van der Waals surface area contributed by atoms with Gasteiger partial charge in [0.05, 0.1) is 0 Å². The van der Waals surface area contributed by atoms with E-state index < -0.39 is 0 Å². The average Bonchev–Trinajstić information content (AvgIpc) is 3.15. The third-order valence-electron chi connectivity index (χ3n) is 4.19. The maximum absolute atomic E-state index is 10.9. The van der Waals surface area contributed by atoms with Gasteiger partial charge in [0.2, 0.25) is 0 Å². The van der Waals surface area contributed by atoms with Gasteiger partial charge in [0.1, 0.15) is 16.5 Å². The number of nitrogens with zero attached hydrogens (tertiary/aromatic N) is 2. The number of thiazole rings is 1. The molecule has 0 fully saturated rings. The van der Waals surface area contributed by atoms with Gasteiger partial charge < -0.3 is 9.52 Å². The number of phenolic OH excluding ortho intramolecular Hbond substituents is 1. The molecule has 132 valence electrons. The molecule has 0 saturated carbocycles. The van der Waals surface area contributed by atoms with E-state index in [1.165, 1.54) is 17.7 Å². The van der Waals surface area contributed by atoms with E-state index in [2.05, 4.69) is 51.5 Å². The van der Waals surface area contributed by atoms with E-state index >= 15 is 0 Å². The summed E-state index contributed by atoms with van der Waals surface area (Å²) >= 11 is 1.53. The fraction of sp³-hybridized carbons (Fsp3) is 0.400. The van der Waals surface area contributed by atoms with Gasteiger partial charge in [-0.3, -0.25) is 0 Å². The van der Waals surface area contributed by atoms with Gasteiger partial charge in [-0.2, -0.15) is 0 Å². The Morgan fingerprint density at radius 2 is 1.56 bits per heavy atom. The molecular weight excluding hydrogens is 332 g/mol. The van der Waals surface area contributed by atoms with Crippen LogP contribution in [0.4, 0.5) is 0 Å². The number of hydrogen-bond acceptors (Lipinski definition) is 5. The summed E-state index contributed by atoms with van der Waals surface area (Å²) in [6, 6.07) is 4.00. The number of aromatic nitrogens is 2. The summed E-state index contributed by atoms with van der Waals surface area (Å²) in [5.74, 6) is 1.05. The Labute approximate surface area is 152 Å². The molecule has 2 heterocycles. The zero-order valence-electron chi connectivity index (χ0n) is 15.5. The Morgan fingerprint density at radius 3 is 2.04 bits per heavy atom. The van der Waals surface area contributed by atoms with Crippen LogP contribution < -0.4 is 0 Å². The molecule has 0 radical (unpaired) electrons. The first-order valence-corrected chi connectivity index (χ1v) is 9.18. The molecule has 3 aromatic rings. The molecule has 2 aromatic heterocycles. The lowest BCUT2D eigenvalue weighted by molar-refractivity contribution is 0.423. The largest absolute Gasteiger partial charge is 0.507 e. The lowest BCUT2D eigenvalue weighted by Crippen LogP contribution is -2.17. The van der Waals surface area contributed by atoms with Crippen molar-refractivity contribution in [3.63, 3.8) is 0 Å². The van der Waals surface area contributed by atoms with Crippen molar-refractivity contribution in [3.05, 3.63) is 41.2 Å². The van der Waals surface area contributed by atoms with Crippen molar-refractivity contribution in [3.8, 4) is 27.8 Å². The quantitative estimate of drug-likeness (QED) is 0.633. The molecule has 0 aliphatic carbocycles. The van der Waals surface area contributed by atoms with Gasteiger partial charge in [-0.05, 0) is 23.0 Å². The van der Waals surface area contributed by atoms with Crippen molar-refractivity contribution in [1.29, 1.82) is 0 Å². The standard InChI is InChI=1S/C20H24N2O2S/c1-19(2,3)13-9-12(10-14(16(13)23)20(4,5)6)17-15(22-11-24-17)18-21-7-8-25-18/h7-11,23H,1-6H3. The number of oxazole rings is 1. The first-order valence-electron chi connectivity index (χ1n) is 8.30. The highest BCUT2D eigenvalue weighted by Crippen LogP contribution is 2.43. The van der Waals surface area contributed by atoms with E-state index in [4.69, 9.17) is 4.42 Å². The van der Waals surface area contributed by atoms with Crippen LogP contribution in [0.2, 0.25) is 0 Å². The van der Waals surface area contributed by atoms with Crippen molar-refractivity contribution >= 4 is 11.3 Å². The first-order chi connectivity index (χ1) is 11.6.